The first-order valence-corrected chi connectivity index (χ1v) is 9.62. The molecule has 0 aliphatic rings. The summed E-state index contributed by atoms with van der Waals surface area (Å²) in [4.78, 5) is -0.214. The van der Waals surface area contributed by atoms with Gasteiger partial charge in [-0.15, -0.1) is 4.09 Å². The van der Waals surface area contributed by atoms with Crippen LogP contribution in [0.3, 0.4) is 0 Å². The van der Waals surface area contributed by atoms with E-state index in [1.807, 2.05) is 0 Å². The van der Waals surface area contributed by atoms with Gasteiger partial charge in [-0.3, -0.25) is 0 Å². The summed E-state index contributed by atoms with van der Waals surface area (Å²) in [5, 5.41) is 4.36. The third kappa shape index (κ3) is 2.92. The Hall–Kier alpha value is -2.39. The average Bonchev–Trinajstić information content (AvgIpc) is 2.91. The second kappa shape index (κ2) is 5.36. The Morgan fingerprint density at radius 2 is 1.87 bits per heavy atom. The van der Waals surface area contributed by atoms with Crippen molar-refractivity contribution in [2.75, 3.05) is 6.26 Å². The fraction of sp³-hybridized carbons (Fsp3) is 0.0714. The number of aromatic nitrogens is 2. The third-order valence-electron chi connectivity index (χ3n) is 3.04. The minimum atomic E-state index is -4.35. The first-order valence-electron chi connectivity index (χ1n) is 6.37. The van der Waals surface area contributed by atoms with Crippen LogP contribution < -0.4 is 4.18 Å². The van der Waals surface area contributed by atoms with E-state index in [0.717, 1.165) is 6.26 Å². The van der Waals surface area contributed by atoms with E-state index in [1.54, 1.807) is 12.1 Å². The standard InChI is InChI=1S/C14H11N2O5S2/c1-22(17,18)14-9-5-4-8-13(14)21-23(19,20)16-12-7-3-2-6-11(12)10-15-16/h3-10H,1H3. The van der Waals surface area contributed by atoms with Crippen LogP contribution in [0.2, 0.25) is 0 Å². The first-order chi connectivity index (χ1) is 10.8. The van der Waals surface area contributed by atoms with Gasteiger partial charge in [-0.2, -0.15) is 13.5 Å². The number of benzene rings is 2. The summed E-state index contributed by atoms with van der Waals surface area (Å²) in [6, 6.07) is 13.0. The van der Waals surface area contributed by atoms with Gasteiger partial charge in [0.2, 0.25) is 0 Å². The van der Waals surface area contributed by atoms with Crippen LogP contribution >= 0.6 is 0 Å². The van der Waals surface area contributed by atoms with Crippen molar-refractivity contribution in [3.63, 3.8) is 0 Å². The SMILES string of the molecule is CS(=O)(=O)c1ccccc1OS(=O)(=O)n1ncc2c[c]ccc21. The molecule has 0 bridgehead atoms. The normalized spacial score (nSPS) is 12.4. The zero-order valence-electron chi connectivity index (χ0n) is 11.9. The van der Waals surface area contributed by atoms with Crippen molar-refractivity contribution in [1.82, 2.24) is 9.19 Å². The number of rotatable bonds is 4. The van der Waals surface area contributed by atoms with Crippen molar-refractivity contribution >= 4 is 31.0 Å². The molecule has 1 aromatic heterocycles. The van der Waals surface area contributed by atoms with Crippen LogP contribution in [0.4, 0.5) is 0 Å². The minimum absolute atomic E-state index is 0.214. The molecule has 0 unspecified atom stereocenters. The Morgan fingerprint density at radius 3 is 2.61 bits per heavy atom. The molecule has 9 heteroatoms. The van der Waals surface area contributed by atoms with Crippen molar-refractivity contribution in [3.8, 4) is 5.75 Å². The van der Waals surface area contributed by atoms with E-state index in [9.17, 15) is 16.8 Å². The lowest BCUT2D eigenvalue weighted by Gasteiger charge is -2.10. The van der Waals surface area contributed by atoms with Crippen molar-refractivity contribution in [3.05, 3.63) is 54.7 Å². The molecule has 0 spiro atoms. The molecule has 0 aliphatic carbocycles. The largest absolute Gasteiger partial charge is 0.429 e. The summed E-state index contributed by atoms with van der Waals surface area (Å²) in [6.07, 6.45) is 2.33. The highest BCUT2D eigenvalue weighted by Crippen LogP contribution is 2.25. The molecule has 7 nitrogen and oxygen atoms in total. The zero-order valence-corrected chi connectivity index (χ0v) is 13.5. The van der Waals surface area contributed by atoms with Gasteiger partial charge in [0, 0.05) is 11.6 Å². The van der Waals surface area contributed by atoms with Gasteiger partial charge in [0.1, 0.15) is 4.90 Å². The van der Waals surface area contributed by atoms with E-state index >= 15 is 0 Å². The Bertz CT molecular complexity index is 1090. The van der Waals surface area contributed by atoms with Gasteiger partial charge in [-0.1, -0.05) is 18.2 Å². The molecule has 0 atom stereocenters. The molecular formula is C14H11N2O5S2. The topological polar surface area (TPSA) is 95.3 Å². The van der Waals surface area contributed by atoms with Gasteiger partial charge >= 0.3 is 10.3 Å². The summed E-state index contributed by atoms with van der Waals surface area (Å²) < 4.78 is 54.0. The number of hydrogen-bond donors (Lipinski definition) is 0. The van der Waals surface area contributed by atoms with Crippen LogP contribution in [0.5, 0.6) is 5.75 Å². The highest BCUT2D eigenvalue weighted by molar-refractivity contribution is 7.91. The van der Waals surface area contributed by atoms with Crippen LogP contribution in [0.15, 0.2) is 53.6 Å². The molecule has 1 radical (unpaired) electrons. The molecule has 119 valence electrons. The van der Waals surface area contributed by atoms with Crippen LogP contribution in [-0.2, 0) is 20.1 Å². The van der Waals surface area contributed by atoms with Gasteiger partial charge in [0.25, 0.3) is 0 Å². The maximum Gasteiger partial charge on any atom is 0.429 e. The van der Waals surface area contributed by atoms with Crippen LogP contribution in [0, 0.1) is 6.07 Å². The molecule has 0 saturated heterocycles. The lowest BCUT2D eigenvalue weighted by molar-refractivity contribution is 0.465. The summed E-state index contributed by atoms with van der Waals surface area (Å²) in [6.45, 7) is 0. The summed E-state index contributed by atoms with van der Waals surface area (Å²) in [7, 11) is -7.99. The van der Waals surface area contributed by atoms with Gasteiger partial charge < -0.3 is 4.18 Å². The molecule has 1 heterocycles. The average molecular weight is 351 g/mol. The molecule has 0 fully saturated rings. The minimum Gasteiger partial charge on any atom is -0.364 e. The monoisotopic (exact) mass is 351 g/mol. The quantitative estimate of drug-likeness (QED) is 0.705. The Kier molecular flexibility index (Phi) is 3.61. The highest BCUT2D eigenvalue weighted by Gasteiger charge is 2.23. The molecule has 0 saturated carbocycles. The van der Waals surface area contributed by atoms with Crippen LogP contribution in [-0.4, -0.2) is 32.3 Å². The number of para-hydroxylation sites is 1. The van der Waals surface area contributed by atoms with E-state index < -0.39 is 20.1 Å². The van der Waals surface area contributed by atoms with Crippen molar-refractivity contribution in [2.24, 2.45) is 0 Å². The zero-order chi connectivity index (χ0) is 16.7. The van der Waals surface area contributed by atoms with Gasteiger partial charge in [-0.25, -0.2) is 8.42 Å². The third-order valence-corrected chi connectivity index (χ3v) is 5.28. The molecule has 0 aliphatic heterocycles. The number of hydrogen-bond acceptors (Lipinski definition) is 6. The Labute approximate surface area is 133 Å². The first kappa shape index (κ1) is 15.5. The smallest absolute Gasteiger partial charge is 0.364 e. The van der Waals surface area contributed by atoms with Crippen LogP contribution in [0.1, 0.15) is 0 Å². The van der Waals surface area contributed by atoms with Gasteiger partial charge in [0.05, 0.1) is 11.7 Å². The fourth-order valence-corrected chi connectivity index (χ4v) is 3.91. The van der Waals surface area contributed by atoms with E-state index in [1.165, 1.54) is 36.5 Å². The maximum absolute atomic E-state index is 12.4. The summed E-state index contributed by atoms with van der Waals surface area (Å²) in [5.74, 6) is -0.277. The van der Waals surface area contributed by atoms with E-state index in [4.69, 9.17) is 4.18 Å². The molecule has 0 N–H and O–H groups in total. The lowest BCUT2D eigenvalue weighted by Crippen LogP contribution is -2.21. The Morgan fingerprint density at radius 1 is 1.13 bits per heavy atom. The predicted octanol–water partition coefficient (Wildman–Crippen LogP) is 1.41. The van der Waals surface area contributed by atoms with Crippen molar-refractivity contribution < 1.29 is 21.0 Å². The van der Waals surface area contributed by atoms with Crippen LogP contribution in [0.25, 0.3) is 10.9 Å². The van der Waals surface area contributed by atoms with E-state index in [-0.39, 0.29) is 10.6 Å². The van der Waals surface area contributed by atoms with Crippen molar-refractivity contribution in [1.29, 1.82) is 0 Å². The maximum atomic E-state index is 12.4. The predicted molar refractivity (Wildman–Crippen MR) is 83.1 cm³/mol. The van der Waals surface area contributed by atoms with E-state index in [2.05, 4.69) is 11.2 Å². The number of sulfone groups is 1. The molecule has 2 aromatic carbocycles. The van der Waals surface area contributed by atoms with E-state index in [0.29, 0.717) is 15.0 Å². The molecular weight excluding hydrogens is 340 g/mol. The highest BCUT2D eigenvalue weighted by atomic mass is 32.2. The fourth-order valence-electron chi connectivity index (χ4n) is 2.04. The van der Waals surface area contributed by atoms with Gasteiger partial charge in [0.15, 0.2) is 15.6 Å². The summed E-state index contributed by atoms with van der Waals surface area (Å²) >= 11 is 0. The molecule has 3 aromatic rings. The number of fused-ring (bicyclic) bond motifs is 1. The number of nitrogens with zero attached hydrogens (tertiary/aromatic N) is 2. The van der Waals surface area contributed by atoms with Crippen molar-refractivity contribution in [2.45, 2.75) is 4.90 Å². The van der Waals surface area contributed by atoms with Gasteiger partial charge in [-0.05, 0) is 30.3 Å². The molecule has 23 heavy (non-hydrogen) atoms. The molecule has 0 amide bonds. The Balaban J connectivity index is 2.10. The lowest BCUT2D eigenvalue weighted by atomic mass is 10.3. The second-order valence-corrected chi connectivity index (χ2v) is 8.08. The summed E-state index contributed by atoms with van der Waals surface area (Å²) in [5.41, 5.74) is 0.306. The molecule has 3 rings (SSSR count). The second-order valence-electron chi connectivity index (χ2n) is 4.73.